The van der Waals surface area contributed by atoms with Gasteiger partial charge in [-0.2, -0.15) is 0 Å². The second-order valence-electron chi connectivity index (χ2n) is 4.85. The maximum absolute atomic E-state index is 12.8. The van der Waals surface area contributed by atoms with Crippen LogP contribution in [0.3, 0.4) is 0 Å². The van der Waals surface area contributed by atoms with Gasteiger partial charge in [0.25, 0.3) is 6.65 Å². The predicted octanol–water partition coefficient (Wildman–Crippen LogP) is 1.18. The van der Waals surface area contributed by atoms with Gasteiger partial charge in [0.1, 0.15) is 6.04 Å². The summed E-state index contributed by atoms with van der Waals surface area (Å²) in [7, 11) is 0. The molecule has 8 heteroatoms. The lowest BCUT2D eigenvalue weighted by Gasteiger charge is -2.31. The molecule has 0 aromatic heterocycles. The highest BCUT2D eigenvalue weighted by molar-refractivity contribution is 8.56. The summed E-state index contributed by atoms with van der Waals surface area (Å²) in [4.78, 5) is 11.5. The fourth-order valence-corrected chi connectivity index (χ4v) is 7.54. The molecule has 0 aromatic carbocycles. The zero-order chi connectivity index (χ0) is 13.9. The van der Waals surface area contributed by atoms with Crippen LogP contribution in [-0.2, 0) is 14.1 Å². The number of esters is 1. The molecular formula is C11H22N3O3PS. The number of nitrogens with two attached hydrogens (primary N) is 1. The number of rotatable bonds is 5. The Labute approximate surface area is 118 Å². The van der Waals surface area contributed by atoms with E-state index in [9.17, 15) is 9.36 Å². The van der Waals surface area contributed by atoms with E-state index < -0.39 is 18.7 Å². The Balaban J connectivity index is 1.88. The Morgan fingerprint density at radius 2 is 2.42 bits per heavy atom. The van der Waals surface area contributed by atoms with Crippen molar-refractivity contribution in [3.63, 3.8) is 0 Å². The third kappa shape index (κ3) is 3.52. The predicted molar refractivity (Wildman–Crippen MR) is 77.0 cm³/mol. The summed E-state index contributed by atoms with van der Waals surface area (Å²) in [6, 6.07) is -0.327. The zero-order valence-corrected chi connectivity index (χ0v) is 12.9. The minimum atomic E-state index is -2.60. The van der Waals surface area contributed by atoms with Gasteiger partial charge in [0.05, 0.1) is 6.61 Å². The van der Waals surface area contributed by atoms with E-state index in [4.69, 9.17) is 10.5 Å². The number of nitrogens with one attached hydrogen (secondary N) is 1. The van der Waals surface area contributed by atoms with Gasteiger partial charge in [0, 0.05) is 24.9 Å². The highest BCUT2D eigenvalue weighted by Gasteiger charge is 2.43. The van der Waals surface area contributed by atoms with Crippen LogP contribution in [0.15, 0.2) is 0 Å². The third-order valence-electron chi connectivity index (χ3n) is 3.48. The number of carbonyl (C=O) groups is 1. The lowest BCUT2D eigenvalue weighted by atomic mass is 10.1. The van der Waals surface area contributed by atoms with Crippen molar-refractivity contribution in [2.45, 2.75) is 38.3 Å². The SMILES string of the molecule is CCOC(=O)C(N)CSP1(=O)NCC2CCCCN21. The van der Waals surface area contributed by atoms with Crippen molar-refractivity contribution in [3.05, 3.63) is 0 Å². The van der Waals surface area contributed by atoms with E-state index in [0.29, 0.717) is 18.4 Å². The molecule has 19 heavy (non-hydrogen) atoms. The fourth-order valence-electron chi connectivity index (χ4n) is 2.47. The molecule has 0 amide bonds. The molecule has 110 valence electrons. The molecular weight excluding hydrogens is 285 g/mol. The molecule has 6 nitrogen and oxygen atoms in total. The van der Waals surface area contributed by atoms with Gasteiger partial charge in [-0.05, 0) is 19.8 Å². The minimum absolute atomic E-state index is 0.321. The molecule has 0 saturated carbocycles. The van der Waals surface area contributed by atoms with Crippen LogP contribution in [0.4, 0.5) is 0 Å². The molecule has 0 radical (unpaired) electrons. The molecule has 0 spiro atoms. The molecule has 2 saturated heterocycles. The van der Waals surface area contributed by atoms with E-state index in [1.807, 2.05) is 0 Å². The molecule has 2 fully saturated rings. The minimum Gasteiger partial charge on any atom is -0.465 e. The van der Waals surface area contributed by atoms with Crippen molar-refractivity contribution in [3.8, 4) is 0 Å². The average Bonchev–Trinajstić information content (AvgIpc) is 2.75. The molecule has 2 heterocycles. The fraction of sp³-hybridized carbons (Fsp3) is 0.909. The number of nitrogens with zero attached hydrogens (tertiary/aromatic N) is 1. The number of ether oxygens (including phenoxy) is 1. The van der Waals surface area contributed by atoms with Crippen LogP contribution in [0.1, 0.15) is 26.2 Å². The second-order valence-corrected chi connectivity index (χ2v) is 9.57. The first-order chi connectivity index (χ1) is 9.07. The van der Waals surface area contributed by atoms with Crippen LogP contribution in [0, 0.1) is 0 Å². The third-order valence-corrected chi connectivity index (χ3v) is 8.64. The maximum Gasteiger partial charge on any atom is 0.323 e. The van der Waals surface area contributed by atoms with Crippen LogP contribution in [0.5, 0.6) is 0 Å². The average molecular weight is 307 g/mol. The van der Waals surface area contributed by atoms with Crippen LogP contribution >= 0.6 is 18.0 Å². The van der Waals surface area contributed by atoms with Crippen molar-refractivity contribution in [2.75, 3.05) is 25.4 Å². The van der Waals surface area contributed by atoms with Gasteiger partial charge in [-0.25, -0.2) is 9.76 Å². The largest absolute Gasteiger partial charge is 0.465 e. The topological polar surface area (TPSA) is 84.7 Å². The summed E-state index contributed by atoms with van der Waals surface area (Å²) in [5, 5.41) is 3.14. The summed E-state index contributed by atoms with van der Waals surface area (Å²) in [6.45, 7) is 1.11. The van der Waals surface area contributed by atoms with Crippen molar-refractivity contribution in [2.24, 2.45) is 5.73 Å². The number of piperidine rings is 1. The number of hydrogen-bond donors (Lipinski definition) is 2. The normalized spacial score (nSPS) is 32.8. The molecule has 0 aromatic rings. The van der Waals surface area contributed by atoms with Gasteiger partial charge in [-0.3, -0.25) is 9.36 Å². The highest BCUT2D eigenvalue weighted by atomic mass is 32.7. The lowest BCUT2D eigenvalue weighted by molar-refractivity contribution is -0.144. The van der Waals surface area contributed by atoms with Crippen LogP contribution in [0.2, 0.25) is 0 Å². The van der Waals surface area contributed by atoms with Gasteiger partial charge < -0.3 is 10.5 Å². The summed E-state index contributed by atoms with van der Waals surface area (Å²) in [5.41, 5.74) is 5.75. The highest BCUT2D eigenvalue weighted by Crippen LogP contribution is 2.63. The monoisotopic (exact) mass is 307 g/mol. The van der Waals surface area contributed by atoms with Crippen LogP contribution < -0.4 is 10.8 Å². The summed E-state index contributed by atoms with van der Waals surface area (Å²) in [6.07, 6.45) is 3.39. The van der Waals surface area contributed by atoms with Gasteiger partial charge in [-0.1, -0.05) is 17.8 Å². The molecule has 3 N–H and O–H groups in total. The smallest absolute Gasteiger partial charge is 0.323 e. The van der Waals surface area contributed by atoms with Crippen LogP contribution in [-0.4, -0.2) is 48.2 Å². The van der Waals surface area contributed by atoms with Gasteiger partial charge in [0.15, 0.2) is 0 Å². The number of fused-ring (bicyclic) bond motifs is 1. The molecule has 0 bridgehead atoms. The van der Waals surface area contributed by atoms with Crippen LogP contribution in [0.25, 0.3) is 0 Å². The summed E-state index contributed by atoms with van der Waals surface area (Å²) in [5.74, 6) is -0.0947. The Kier molecular flexibility index (Phi) is 5.31. The molecule has 2 aliphatic rings. The quantitative estimate of drug-likeness (QED) is 0.582. The van der Waals surface area contributed by atoms with Gasteiger partial charge >= 0.3 is 5.97 Å². The van der Waals surface area contributed by atoms with E-state index >= 15 is 0 Å². The van der Waals surface area contributed by atoms with Crippen molar-refractivity contribution in [1.82, 2.24) is 9.76 Å². The Hall–Kier alpha value is -0.0700. The first-order valence-corrected chi connectivity index (χ1v) is 10.0. The van der Waals surface area contributed by atoms with Crippen molar-refractivity contribution in [1.29, 1.82) is 0 Å². The van der Waals surface area contributed by atoms with Gasteiger partial charge in [-0.15, -0.1) is 0 Å². The molecule has 0 aliphatic carbocycles. The molecule has 2 rings (SSSR count). The van der Waals surface area contributed by atoms with Gasteiger partial charge in [0.2, 0.25) is 0 Å². The van der Waals surface area contributed by atoms with E-state index in [-0.39, 0.29) is 0 Å². The molecule has 3 atom stereocenters. The molecule has 2 aliphatic heterocycles. The lowest BCUT2D eigenvalue weighted by Crippen LogP contribution is -2.35. The Morgan fingerprint density at radius 3 is 3.16 bits per heavy atom. The number of hydrogen-bond acceptors (Lipinski definition) is 5. The van der Waals surface area contributed by atoms with E-state index in [1.165, 1.54) is 17.8 Å². The maximum atomic E-state index is 12.8. The van der Waals surface area contributed by atoms with E-state index in [2.05, 4.69) is 9.76 Å². The Morgan fingerprint density at radius 1 is 1.63 bits per heavy atom. The number of carbonyl (C=O) groups excluding carboxylic acids is 1. The molecule has 3 unspecified atom stereocenters. The second kappa shape index (κ2) is 6.59. The van der Waals surface area contributed by atoms with Crippen molar-refractivity contribution >= 4 is 24.0 Å². The summed E-state index contributed by atoms with van der Waals surface area (Å²) >= 11 is 1.28. The zero-order valence-electron chi connectivity index (χ0n) is 11.2. The summed E-state index contributed by atoms with van der Waals surface area (Å²) < 4.78 is 19.8. The van der Waals surface area contributed by atoms with E-state index in [0.717, 1.165) is 25.9 Å². The van der Waals surface area contributed by atoms with Crippen molar-refractivity contribution < 1.29 is 14.1 Å². The Bertz CT molecular complexity index is 382. The van der Waals surface area contributed by atoms with E-state index in [1.54, 1.807) is 6.92 Å². The standard InChI is InChI=1S/C11H22N3O3PS/c1-2-17-11(15)10(12)8-19-18(16)13-7-9-5-3-4-6-14(9)18/h9-10H,2-8,12H2,1H3,(H,13,16). The first-order valence-electron chi connectivity index (χ1n) is 6.76. The first kappa shape index (κ1) is 15.3.